The molecule has 0 amide bonds. The number of aryl methyl sites for hydroxylation is 2. The first kappa shape index (κ1) is 16.0. The molecule has 3 rings (SSSR count). The third-order valence-electron chi connectivity index (χ3n) is 3.74. The van der Waals surface area contributed by atoms with Crippen molar-refractivity contribution in [3.05, 3.63) is 83.0 Å². The van der Waals surface area contributed by atoms with E-state index >= 15 is 0 Å². The molecule has 0 saturated heterocycles. The number of rotatable bonds is 6. The molecular formula is C20H22N4. The average molecular weight is 318 g/mol. The Morgan fingerprint density at radius 3 is 2.04 bits per heavy atom. The van der Waals surface area contributed by atoms with Gasteiger partial charge in [0.2, 0.25) is 5.95 Å². The van der Waals surface area contributed by atoms with Gasteiger partial charge in [0.05, 0.1) is 0 Å². The first-order valence-corrected chi connectivity index (χ1v) is 8.11. The number of hydrogen-bond acceptors (Lipinski definition) is 4. The maximum atomic E-state index is 4.51. The molecule has 0 aliphatic carbocycles. The Morgan fingerprint density at radius 1 is 0.792 bits per heavy atom. The monoisotopic (exact) mass is 318 g/mol. The van der Waals surface area contributed by atoms with Crippen molar-refractivity contribution in [3.63, 3.8) is 0 Å². The van der Waals surface area contributed by atoms with Crippen LogP contribution >= 0.6 is 0 Å². The van der Waals surface area contributed by atoms with E-state index in [0.717, 1.165) is 12.4 Å². The number of nitrogens with zero attached hydrogens (tertiary/aromatic N) is 2. The minimum atomic E-state index is 0.630. The average Bonchev–Trinajstić information content (AvgIpc) is 2.59. The molecule has 0 spiro atoms. The van der Waals surface area contributed by atoms with Crippen molar-refractivity contribution in [2.75, 3.05) is 10.6 Å². The molecule has 0 saturated carbocycles. The second kappa shape index (κ2) is 7.59. The number of benzene rings is 2. The number of nitrogens with one attached hydrogen (secondary N) is 2. The van der Waals surface area contributed by atoms with E-state index < -0.39 is 0 Å². The fourth-order valence-electron chi connectivity index (χ4n) is 2.56. The van der Waals surface area contributed by atoms with Crippen LogP contribution in [0, 0.1) is 13.8 Å². The second-order valence-electron chi connectivity index (χ2n) is 5.95. The molecule has 24 heavy (non-hydrogen) atoms. The molecule has 0 atom stereocenters. The van der Waals surface area contributed by atoms with E-state index in [2.05, 4.69) is 83.0 Å². The predicted octanol–water partition coefficient (Wildman–Crippen LogP) is 4.32. The highest BCUT2D eigenvalue weighted by Crippen LogP contribution is 2.11. The van der Waals surface area contributed by atoms with Crippen LogP contribution < -0.4 is 10.6 Å². The lowest BCUT2D eigenvalue weighted by Gasteiger charge is -2.09. The molecule has 0 radical (unpaired) electrons. The summed E-state index contributed by atoms with van der Waals surface area (Å²) in [4.78, 5) is 8.80. The van der Waals surface area contributed by atoms with Crippen LogP contribution in [-0.4, -0.2) is 9.97 Å². The van der Waals surface area contributed by atoms with Gasteiger partial charge in [0.25, 0.3) is 0 Å². The van der Waals surface area contributed by atoms with Gasteiger partial charge < -0.3 is 10.6 Å². The lowest BCUT2D eigenvalue weighted by molar-refractivity contribution is 1.03. The lowest BCUT2D eigenvalue weighted by Crippen LogP contribution is -2.07. The Morgan fingerprint density at radius 2 is 1.42 bits per heavy atom. The summed E-state index contributed by atoms with van der Waals surface area (Å²) in [7, 11) is 0. The van der Waals surface area contributed by atoms with Gasteiger partial charge in [-0.1, -0.05) is 59.7 Å². The Balaban J connectivity index is 1.59. The van der Waals surface area contributed by atoms with E-state index in [1.165, 1.54) is 22.3 Å². The summed E-state index contributed by atoms with van der Waals surface area (Å²) >= 11 is 0. The zero-order valence-corrected chi connectivity index (χ0v) is 14.1. The van der Waals surface area contributed by atoms with Crippen LogP contribution in [0.2, 0.25) is 0 Å². The van der Waals surface area contributed by atoms with Crippen molar-refractivity contribution < 1.29 is 0 Å². The first-order valence-electron chi connectivity index (χ1n) is 8.11. The van der Waals surface area contributed by atoms with Gasteiger partial charge >= 0.3 is 0 Å². The van der Waals surface area contributed by atoms with Gasteiger partial charge in [0.1, 0.15) is 5.82 Å². The fourth-order valence-corrected chi connectivity index (χ4v) is 2.56. The van der Waals surface area contributed by atoms with Crippen LogP contribution in [0.5, 0.6) is 0 Å². The van der Waals surface area contributed by atoms with Crippen molar-refractivity contribution in [3.8, 4) is 0 Å². The molecule has 1 heterocycles. The van der Waals surface area contributed by atoms with Crippen LogP contribution in [-0.2, 0) is 13.1 Å². The van der Waals surface area contributed by atoms with E-state index in [0.29, 0.717) is 12.5 Å². The van der Waals surface area contributed by atoms with Gasteiger partial charge in [-0.05, 0) is 31.0 Å². The number of aromatic nitrogens is 2. The van der Waals surface area contributed by atoms with E-state index in [-0.39, 0.29) is 0 Å². The van der Waals surface area contributed by atoms with Gasteiger partial charge in [-0.25, -0.2) is 4.98 Å². The third-order valence-corrected chi connectivity index (χ3v) is 3.74. The van der Waals surface area contributed by atoms with Crippen molar-refractivity contribution in [1.82, 2.24) is 9.97 Å². The molecule has 2 aromatic carbocycles. The highest BCUT2D eigenvalue weighted by atomic mass is 15.1. The SMILES string of the molecule is Cc1cccc(CNc2ccnc(NCc3cccc(C)c3)n2)c1. The van der Waals surface area contributed by atoms with Gasteiger partial charge in [-0.2, -0.15) is 4.98 Å². The first-order chi connectivity index (χ1) is 11.7. The lowest BCUT2D eigenvalue weighted by atomic mass is 10.1. The molecule has 4 nitrogen and oxygen atoms in total. The standard InChI is InChI=1S/C20H22N4/c1-15-5-3-7-17(11-15)13-22-19-9-10-21-20(24-19)23-14-18-8-4-6-16(2)12-18/h3-12H,13-14H2,1-2H3,(H2,21,22,23,24). The molecule has 1 aromatic heterocycles. The molecule has 2 N–H and O–H groups in total. The molecule has 3 aromatic rings. The smallest absolute Gasteiger partial charge is 0.224 e. The topological polar surface area (TPSA) is 49.8 Å². The summed E-state index contributed by atoms with van der Waals surface area (Å²) in [6.45, 7) is 5.65. The molecule has 4 heteroatoms. The zero-order chi connectivity index (χ0) is 16.8. The molecule has 122 valence electrons. The van der Waals surface area contributed by atoms with Crippen LogP contribution in [0.25, 0.3) is 0 Å². The molecule has 0 aliphatic rings. The Labute approximate surface area is 143 Å². The number of anilines is 2. The summed E-state index contributed by atoms with van der Waals surface area (Å²) in [6, 6.07) is 18.7. The summed E-state index contributed by atoms with van der Waals surface area (Å²) in [5, 5.41) is 6.62. The summed E-state index contributed by atoms with van der Waals surface area (Å²) < 4.78 is 0. The quantitative estimate of drug-likeness (QED) is 0.711. The van der Waals surface area contributed by atoms with Gasteiger partial charge in [0, 0.05) is 19.3 Å². The molecule has 0 fully saturated rings. The highest BCUT2D eigenvalue weighted by Gasteiger charge is 2.00. The van der Waals surface area contributed by atoms with Gasteiger partial charge in [0.15, 0.2) is 0 Å². The minimum absolute atomic E-state index is 0.630. The predicted molar refractivity (Wildman–Crippen MR) is 99.0 cm³/mol. The van der Waals surface area contributed by atoms with E-state index in [9.17, 15) is 0 Å². The molecule has 0 aliphatic heterocycles. The van der Waals surface area contributed by atoms with E-state index in [1.54, 1.807) is 6.20 Å². The minimum Gasteiger partial charge on any atom is -0.366 e. The largest absolute Gasteiger partial charge is 0.366 e. The fraction of sp³-hybridized carbons (Fsp3) is 0.200. The van der Waals surface area contributed by atoms with Crippen molar-refractivity contribution in [1.29, 1.82) is 0 Å². The molecule has 0 unspecified atom stereocenters. The van der Waals surface area contributed by atoms with Crippen molar-refractivity contribution >= 4 is 11.8 Å². The van der Waals surface area contributed by atoms with Crippen LogP contribution in [0.1, 0.15) is 22.3 Å². The normalized spacial score (nSPS) is 10.4. The van der Waals surface area contributed by atoms with Gasteiger partial charge in [-0.15, -0.1) is 0 Å². The van der Waals surface area contributed by atoms with Crippen LogP contribution in [0.4, 0.5) is 11.8 Å². The zero-order valence-electron chi connectivity index (χ0n) is 14.1. The van der Waals surface area contributed by atoms with E-state index in [1.807, 2.05) is 6.07 Å². The summed E-state index contributed by atoms with van der Waals surface area (Å²) in [6.07, 6.45) is 1.77. The van der Waals surface area contributed by atoms with Crippen molar-refractivity contribution in [2.24, 2.45) is 0 Å². The van der Waals surface area contributed by atoms with E-state index in [4.69, 9.17) is 0 Å². The second-order valence-corrected chi connectivity index (χ2v) is 5.95. The summed E-state index contributed by atoms with van der Waals surface area (Å²) in [5.74, 6) is 1.45. The Bertz CT molecular complexity index is 749. The highest BCUT2D eigenvalue weighted by molar-refractivity contribution is 5.41. The number of hydrogen-bond donors (Lipinski definition) is 2. The summed E-state index contributed by atoms with van der Waals surface area (Å²) in [5.41, 5.74) is 4.97. The van der Waals surface area contributed by atoms with Crippen molar-refractivity contribution in [2.45, 2.75) is 26.9 Å². The maximum Gasteiger partial charge on any atom is 0.224 e. The Kier molecular flexibility index (Phi) is 5.06. The Hall–Kier alpha value is -2.88. The van der Waals surface area contributed by atoms with Crippen LogP contribution in [0.15, 0.2) is 60.8 Å². The third kappa shape index (κ3) is 4.56. The van der Waals surface area contributed by atoms with Crippen LogP contribution in [0.3, 0.4) is 0 Å². The maximum absolute atomic E-state index is 4.51. The molecular weight excluding hydrogens is 296 g/mol. The molecule has 0 bridgehead atoms. The van der Waals surface area contributed by atoms with Gasteiger partial charge in [-0.3, -0.25) is 0 Å².